The Labute approximate surface area is 324 Å². The van der Waals surface area contributed by atoms with Crippen LogP contribution < -0.4 is 0 Å². The molecule has 0 nitrogen and oxygen atoms in total. The molecule has 6 rings (SSSR count). The zero-order chi connectivity index (χ0) is 38.8. The number of benzene rings is 4. The molecular weight excluding hydrogens is 663 g/mol. The Morgan fingerprint density at radius 3 is 1.30 bits per heavy atom. The summed E-state index contributed by atoms with van der Waals surface area (Å²) in [5.74, 6) is 27.1. The van der Waals surface area contributed by atoms with Crippen molar-refractivity contribution in [1.29, 1.82) is 0 Å². The van der Waals surface area contributed by atoms with Crippen molar-refractivity contribution in [2.45, 2.75) is 107 Å². The van der Waals surface area contributed by atoms with Crippen LogP contribution >= 0.6 is 0 Å². The lowest BCUT2D eigenvalue weighted by atomic mass is 9.83. The molecule has 0 radical (unpaired) electrons. The summed E-state index contributed by atoms with van der Waals surface area (Å²) < 4.78 is 28.9. The van der Waals surface area contributed by atoms with Crippen LogP contribution in [0.15, 0.2) is 60.7 Å². The van der Waals surface area contributed by atoms with E-state index in [0.29, 0.717) is 23.0 Å². The SMILES string of the molecule is Cc1cc(C#Cc2ccc(C#CC3CCC(C)CC3)cc2F)cc(C)c1C.Cc1cc(C)c(C#Cc2ccc(C#CC3CCC(C)CC3)cc2F)c(C)c1. The van der Waals surface area contributed by atoms with Crippen LogP contribution in [0.1, 0.15) is 132 Å². The topological polar surface area (TPSA) is 0 Å². The Balaban J connectivity index is 0.000000208. The summed E-state index contributed by atoms with van der Waals surface area (Å²) in [7, 11) is 0. The van der Waals surface area contributed by atoms with Gasteiger partial charge in [-0.2, -0.15) is 0 Å². The maximum Gasteiger partial charge on any atom is 0.140 e. The molecule has 0 atom stereocenters. The van der Waals surface area contributed by atoms with Gasteiger partial charge in [0, 0.05) is 34.1 Å². The third-order valence-electron chi connectivity index (χ3n) is 11.1. The summed E-state index contributed by atoms with van der Waals surface area (Å²) in [6, 6.07) is 18.6. The van der Waals surface area contributed by atoms with Crippen molar-refractivity contribution in [2.24, 2.45) is 23.7 Å². The fourth-order valence-corrected chi connectivity index (χ4v) is 7.32. The molecule has 0 spiro atoms. The summed E-state index contributed by atoms with van der Waals surface area (Å²) in [5.41, 5.74) is 11.4. The van der Waals surface area contributed by atoms with Crippen molar-refractivity contribution in [1.82, 2.24) is 0 Å². The minimum atomic E-state index is -0.299. The summed E-state index contributed by atoms with van der Waals surface area (Å²) in [6.45, 7) is 17.0. The lowest BCUT2D eigenvalue weighted by Crippen LogP contribution is -2.10. The van der Waals surface area contributed by atoms with Gasteiger partial charge in [0.1, 0.15) is 11.6 Å². The quantitative estimate of drug-likeness (QED) is 0.159. The average molecular weight is 717 g/mol. The van der Waals surface area contributed by atoms with Crippen LogP contribution in [0, 0.1) is 124 Å². The normalized spacial score (nSPS) is 18.9. The first-order valence-electron chi connectivity index (χ1n) is 19.7. The molecule has 2 saturated carbocycles. The third kappa shape index (κ3) is 11.5. The Bertz CT molecular complexity index is 2180. The van der Waals surface area contributed by atoms with Gasteiger partial charge >= 0.3 is 0 Å². The lowest BCUT2D eigenvalue weighted by Gasteiger charge is -2.21. The molecule has 0 aliphatic heterocycles. The molecule has 0 amide bonds. The van der Waals surface area contributed by atoms with Crippen LogP contribution in [-0.4, -0.2) is 0 Å². The van der Waals surface area contributed by atoms with Gasteiger partial charge in [-0.25, -0.2) is 8.78 Å². The van der Waals surface area contributed by atoms with Crippen molar-refractivity contribution >= 4 is 0 Å². The van der Waals surface area contributed by atoms with E-state index >= 15 is 0 Å². The van der Waals surface area contributed by atoms with E-state index in [0.717, 1.165) is 70.9 Å². The Kier molecular flexibility index (Phi) is 14.0. The van der Waals surface area contributed by atoms with Crippen molar-refractivity contribution in [3.63, 3.8) is 0 Å². The van der Waals surface area contributed by atoms with Crippen LogP contribution in [0.4, 0.5) is 8.78 Å². The van der Waals surface area contributed by atoms with Crippen LogP contribution in [0.25, 0.3) is 0 Å². The van der Waals surface area contributed by atoms with Crippen molar-refractivity contribution in [2.75, 3.05) is 0 Å². The molecule has 2 heteroatoms. The highest BCUT2D eigenvalue weighted by Gasteiger charge is 2.17. The number of halogens is 2. The molecule has 2 aliphatic rings. The van der Waals surface area contributed by atoms with E-state index in [2.05, 4.69) is 113 Å². The zero-order valence-electron chi connectivity index (χ0n) is 33.5. The van der Waals surface area contributed by atoms with E-state index in [1.165, 1.54) is 60.1 Å². The summed E-state index contributed by atoms with van der Waals surface area (Å²) in [5, 5.41) is 0. The molecule has 0 N–H and O–H groups in total. The van der Waals surface area contributed by atoms with Gasteiger partial charge in [-0.15, -0.1) is 0 Å². The fourth-order valence-electron chi connectivity index (χ4n) is 7.32. The minimum absolute atomic E-state index is 0.297. The standard InChI is InChI=1S/2C26H27F/c1-18-5-7-22(8-6-18)9-10-23-11-13-25(26(27)17-23)14-12-24-15-19(2)21(4)20(3)16-24;1-18-5-7-22(8-6-18)9-10-23-11-12-24(26(27)17-23)13-14-25-20(3)15-19(2)16-21(25)4/h11,13,15-18,22H,5-8H2,1-4H3;11-12,15-18,22H,5-8H2,1-4H3. The smallest absolute Gasteiger partial charge is 0.140 e. The molecule has 0 saturated heterocycles. The third-order valence-corrected chi connectivity index (χ3v) is 11.1. The predicted molar refractivity (Wildman–Crippen MR) is 222 cm³/mol. The Morgan fingerprint density at radius 2 is 0.870 bits per heavy atom. The molecule has 0 aromatic heterocycles. The second-order valence-corrected chi connectivity index (χ2v) is 15.9. The second-order valence-electron chi connectivity index (χ2n) is 15.9. The fraction of sp³-hybridized carbons (Fsp3) is 0.385. The number of rotatable bonds is 0. The largest absolute Gasteiger partial charge is 0.206 e. The highest BCUT2D eigenvalue weighted by atomic mass is 19.1. The van der Waals surface area contributed by atoms with Gasteiger partial charge in [0.05, 0.1) is 11.1 Å². The van der Waals surface area contributed by atoms with Gasteiger partial charge in [0.25, 0.3) is 0 Å². The molecule has 0 heterocycles. The van der Waals surface area contributed by atoms with Gasteiger partial charge in [-0.1, -0.05) is 78.9 Å². The van der Waals surface area contributed by atoms with Gasteiger partial charge < -0.3 is 0 Å². The van der Waals surface area contributed by atoms with Crippen LogP contribution in [0.2, 0.25) is 0 Å². The second kappa shape index (κ2) is 18.8. The highest BCUT2D eigenvalue weighted by Crippen LogP contribution is 2.29. The van der Waals surface area contributed by atoms with E-state index in [1.807, 2.05) is 26.0 Å². The van der Waals surface area contributed by atoms with E-state index in [4.69, 9.17) is 0 Å². The first-order chi connectivity index (χ1) is 25.8. The molecule has 276 valence electrons. The highest BCUT2D eigenvalue weighted by molar-refractivity contribution is 5.53. The number of aryl methyl sites for hydroxylation is 5. The monoisotopic (exact) mass is 716 g/mol. The summed E-state index contributed by atoms with van der Waals surface area (Å²) >= 11 is 0. The van der Waals surface area contributed by atoms with E-state index in [9.17, 15) is 8.78 Å². The van der Waals surface area contributed by atoms with Gasteiger partial charge in [0.15, 0.2) is 0 Å². The first-order valence-corrected chi connectivity index (χ1v) is 19.7. The molecule has 0 unspecified atom stereocenters. The van der Waals surface area contributed by atoms with Gasteiger partial charge in [-0.05, 0) is 181 Å². The lowest BCUT2D eigenvalue weighted by molar-refractivity contribution is 0.337. The molecule has 0 bridgehead atoms. The van der Waals surface area contributed by atoms with Gasteiger partial charge in [-0.3, -0.25) is 0 Å². The average Bonchev–Trinajstić information content (AvgIpc) is 3.13. The van der Waals surface area contributed by atoms with Crippen molar-refractivity contribution in [3.8, 4) is 47.4 Å². The van der Waals surface area contributed by atoms with E-state index in [1.54, 1.807) is 12.1 Å². The predicted octanol–water partition coefficient (Wildman–Crippen LogP) is 12.7. The van der Waals surface area contributed by atoms with E-state index in [-0.39, 0.29) is 11.6 Å². The molecular formula is C52H54F2. The van der Waals surface area contributed by atoms with Crippen molar-refractivity contribution < 1.29 is 8.78 Å². The molecule has 4 aromatic carbocycles. The van der Waals surface area contributed by atoms with Crippen LogP contribution in [0.5, 0.6) is 0 Å². The molecule has 2 aliphatic carbocycles. The van der Waals surface area contributed by atoms with Crippen LogP contribution in [0.3, 0.4) is 0 Å². The minimum Gasteiger partial charge on any atom is -0.206 e. The Hall–Kier alpha value is -5.02. The maximum absolute atomic E-state index is 14.5. The molecule has 4 aromatic rings. The molecule has 54 heavy (non-hydrogen) atoms. The zero-order valence-corrected chi connectivity index (χ0v) is 33.5. The Morgan fingerprint density at radius 1 is 0.444 bits per heavy atom. The van der Waals surface area contributed by atoms with Crippen LogP contribution in [-0.2, 0) is 0 Å². The summed E-state index contributed by atoms with van der Waals surface area (Å²) in [6.07, 6.45) is 9.65. The number of hydrogen-bond acceptors (Lipinski definition) is 0. The van der Waals surface area contributed by atoms with Gasteiger partial charge in [0.2, 0.25) is 0 Å². The first kappa shape index (κ1) is 40.2. The maximum atomic E-state index is 14.5. The van der Waals surface area contributed by atoms with Crippen molar-refractivity contribution in [3.05, 3.63) is 139 Å². The summed E-state index contributed by atoms with van der Waals surface area (Å²) in [4.78, 5) is 0. The number of hydrogen-bond donors (Lipinski definition) is 0. The van der Waals surface area contributed by atoms with E-state index < -0.39 is 0 Å². The molecule has 2 fully saturated rings.